The molecule has 0 saturated heterocycles. The van der Waals surface area contributed by atoms with Gasteiger partial charge in [0.05, 0.1) is 12.1 Å². The van der Waals surface area contributed by atoms with Gasteiger partial charge in [-0.2, -0.15) is 0 Å². The first kappa shape index (κ1) is 22.9. The number of methoxy groups -OCH3 is 1. The molecule has 1 aliphatic carbocycles. The van der Waals surface area contributed by atoms with E-state index in [0.29, 0.717) is 0 Å². The predicted octanol–water partition coefficient (Wildman–Crippen LogP) is 4.30. The molecule has 28 heavy (non-hydrogen) atoms. The Hall–Kier alpha value is -1.35. The molecule has 3 rings (SSSR count). The van der Waals surface area contributed by atoms with Crippen molar-refractivity contribution in [3.05, 3.63) is 45.9 Å². The quantitative estimate of drug-likeness (QED) is 0.329. The van der Waals surface area contributed by atoms with Gasteiger partial charge < -0.3 is 15.4 Å². The van der Waals surface area contributed by atoms with Gasteiger partial charge >= 0.3 is 0 Å². The number of aryl methyl sites for hydroxylation is 1. The highest BCUT2D eigenvalue weighted by Crippen LogP contribution is 2.44. The fraction of sp³-hybridized carbons (Fsp3) is 0.524. The van der Waals surface area contributed by atoms with Gasteiger partial charge in [-0.05, 0) is 25.8 Å². The largest absolute Gasteiger partial charge is 0.496 e. The summed E-state index contributed by atoms with van der Waals surface area (Å²) in [5.74, 6) is 1.84. The molecule has 1 aliphatic rings. The number of hydrogen-bond donors (Lipinski definition) is 2. The highest BCUT2D eigenvalue weighted by molar-refractivity contribution is 14.0. The standard InChI is InChI=1S/C21H30N4OS.HI/c1-16-14-24-19(27-16)10-13-23-20(22-2)25-15-21(11-6-7-12-21)17-8-4-5-9-18(17)26-3;/h4-5,8-9,14H,6-7,10-13,15H2,1-3H3,(H2,22,23,25);1H. The predicted molar refractivity (Wildman–Crippen MR) is 128 cm³/mol. The molecule has 0 radical (unpaired) electrons. The maximum absolute atomic E-state index is 5.65. The third-order valence-electron chi connectivity index (χ3n) is 5.36. The van der Waals surface area contributed by atoms with Crippen molar-refractivity contribution in [1.82, 2.24) is 15.6 Å². The number of thiazole rings is 1. The molecule has 0 unspecified atom stereocenters. The molecule has 7 heteroatoms. The average Bonchev–Trinajstić information content (AvgIpc) is 3.34. The van der Waals surface area contributed by atoms with Crippen molar-refractivity contribution in [2.75, 3.05) is 27.2 Å². The second-order valence-electron chi connectivity index (χ2n) is 7.15. The molecule has 1 fully saturated rings. The van der Waals surface area contributed by atoms with Crippen molar-refractivity contribution in [1.29, 1.82) is 0 Å². The summed E-state index contributed by atoms with van der Waals surface area (Å²) in [5, 5.41) is 8.15. The highest BCUT2D eigenvalue weighted by Gasteiger charge is 2.37. The Labute approximate surface area is 189 Å². The van der Waals surface area contributed by atoms with Gasteiger partial charge in [-0.1, -0.05) is 31.0 Å². The number of nitrogens with zero attached hydrogens (tertiary/aromatic N) is 2. The van der Waals surface area contributed by atoms with Crippen LogP contribution in [-0.2, 0) is 11.8 Å². The van der Waals surface area contributed by atoms with Gasteiger partial charge in [-0.25, -0.2) is 4.98 Å². The highest BCUT2D eigenvalue weighted by atomic mass is 127. The fourth-order valence-electron chi connectivity index (χ4n) is 3.95. The van der Waals surface area contributed by atoms with Crippen LogP contribution in [0.3, 0.4) is 0 Å². The van der Waals surface area contributed by atoms with E-state index in [2.05, 4.69) is 45.7 Å². The van der Waals surface area contributed by atoms with E-state index in [1.807, 2.05) is 19.3 Å². The number of halogens is 1. The van der Waals surface area contributed by atoms with E-state index >= 15 is 0 Å². The Balaban J connectivity index is 0.00000280. The lowest BCUT2D eigenvalue weighted by Gasteiger charge is -2.32. The number of nitrogens with one attached hydrogen (secondary N) is 2. The molecular weight excluding hydrogens is 483 g/mol. The Morgan fingerprint density at radius 3 is 2.64 bits per heavy atom. The normalized spacial score (nSPS) is 15.8. The molecule has 0 aliphatic heterocycles. The molecule has 0 spiro atoms. The second-order valence-corrected chi connectivity index (χ2v) is 8.47. The van der Waals surface area contributed by atoms with Crippen LogP contribution in [0, 0.1) is 6.92 Å². The van der Waals surface area contributed by atoms with Gasteiger partial charge in [0, 0.05) is 48.6 Å². The Bertz CT molecular complexity index is 771. The van der Waals surface area contributed by atoms with E-state index in [4.69, 9.17) is 4.74 Å². The summed E-state index contributed by atoms with van der Waals surface area (Å²) in [6.07, 6.45) is 7.72. The number of aliphatic imine (C=N–C) groups is 1. The van der Waals surface area contributed by atoms with Gasteiger partial charge in [0.2, 0.25) is 0 Å². The lowest BCUT2D eigenvalue weighted by atomic mass is 9.78. The van der Waals surface area contributed by atoms with E-state index in [9.17, 15) is 0 Å². The zero-order valence-corrected chi connectivity index (χ0v) is 20.1. The third-order valence-corrected chi connectivity index (χ3v) is 6.33. The van der Waals surface area contributed by atoms with Crippen LogP contribution in [0.1, 0.15) is 41.1 Å². The van der Waals surface area contributed by atoms with Crippen LogP contribution < -0.4 is 15.4 Å². The minimum absolute atomic E-state index is 0. The van der Waals surface area contributed by atoms with E-state index in [1.165, 1.54) is 36.1 Å². The van der Waals surface area contributed by atoms with Crippen molar-refractivity contribution in [2.45, 2.75) is 44.4 Å². The smallest absolute Gasteiger partial charge is 0.191 e. The summed E-state index contributed by atoms with van der Waals surface area (Å²) >= 11 is 1.76. The minimum Gasteiger partial charge on any atom is -0.496 e. The minimum atomic E-state index is 0. The summed E-state index contributed by atoms with van der Waals surface area (Å²) in [7, 11) is 3.59. The number of aromatic nitrogens is 1. The lowest BCUT2D eigenvalue weighted by molar-refractivity contribution is 0.371. The molecule has 154 valence electrons. The number of para-hydroxylation sites is 1. The molecule has 0 amide bonds. The first-order chi connectivity index (χ1) is 13.2. The van der Waals surface area contributed by atoms with E-state index in [1.54, 1.807) is 18.4 Å². The third kappa shape index (κ3) is 5.59. The van der Waals surface area contributed by atoms with Crippen molar-refractivity contribution in [3.8, 4) is 5.75 Å². The summed E-state index contributed by atoms with van der Waals surface area (Å²) < 4.78 is 5.65. The average molecular weight is 514 g/mol. The maximum atomic E-state index is 5.65. The molecule has 1 saturated carbocycles. The van der Waals surface area contributed by atoms with Crippen molar-refractivity contribution in [3.63, 3.8) is 0 Å². The van der Waals surface area contributed by atoms with Crippen molar-refractivity contribution in [2.24, 2.45) is 4.99 Å². The molecule has 5 nitrogen and oxygen atoms in total. The summed E-state index contributed by atoms with van der Waals surface area (Å²) in [5.41, 5.74) is 1.42. The molecule has 0 atom stereocenters. The SMILES string of the molecule is CN=C(NCCc1ncc(C)s1)NCC1(c2ccccc2OC)CCCC1.I. The van der Waals surface area contributed by atoms with Crippen LogP contribution in [0.25, 0.3) is 0 Å². The zero-order valence-electron chi connectivity index (χ0n) is 17.0. The van der Waals surface area contributed by atoms with Crippen LogP contribution >= 0.6 is 35.3 Å². The summed E-state index contributed by atoms with van der Waals surface area (Å²) in [4.78, 5) is 10.1. The Morgan fingerprint density at radius 1 is 1.25 bits per heavy atom. The van der Waals surface area contributed by atoms with Crippen LogP contribution in [0.2, 0.25) is 0 Å². The summed E-state index contributed by atoms with van der Waals surface area (Å²) in [6.45, 7) is 3.78. The van der Waals surface area contributed by atoms with Crippen molar-refractivity contribution >= 4 is 41.3 Å². The van der Waals surface area contributed by atoms with Crippen molar-refractivity contribution < 1.29 is 4.74 Å². The molecule has 2 aromatic rings. The van der Waals surface area contributed by atoms with Crippen LogP contribution in [0.5, 0.6) is 5.75 Å². The van der Waals surface area contributed by atoms with Crippen LogP contribution in [0.4, 0.5) is 0 Å². The number of ether oxygens (including phenoxy) is 1. The number of rotatable bonds is 7. The fourth-order valence-corrected chi connectivity index (χ4v) is 4.74. The first-order valence-corrected chi connectivity index (χ1v) is 10.5. The molecular formula is C21H31IN4OS. The Morgan fingerprint density at radius 2 is 2.00 bits per heavy atom. The van der Waals surface area contributed by atoms with E-state index in [-0.39, 0.29) is 29.4 Å². The van der Waals surface area contributed by atoms with Gasteiger partial charge in [0.15, 0.2) is 5.96 Å². The topological polar surface area (TPSA) is 58.5 Å². The van der Waals surface area contributed by atoms with E-state index < -0.39 is 0 Å². The monoisotopic (exact) mass is 514 g/mol. The molecule has 1 heterocycles. The number of hydrogen-bond acceptors (Lipinski definition) is 4. The van der Waals surface area contributed by atoms with Gasteiger partial charge in [-0.3, -0.25) is 4.99 Å². The first-order valence-electron chi connectivity index (χ1n) is 9.66. The number of benzene rings is 1. The summed E-state index contributed by atoms with van der Waals surface area (Å²) in [6, 6.07) is 8.44. The van der Waals surface area contributed by atoms with Gasteiger partial charge in [0.1, 0.15) is 5.75 Å². The molecule has 1 aromatic carbocycles. The molecule has 1 aromatic heterocycles. The zero-order chi connectivity index (χ0) is 19.1. The van der Waals surface area contributed by atoms with Gasteiger partial charge in [-0.15, -0.1) is 35.3 Å². The maximum Gasteiger partial charge on any atom is 0.191 e. The Kier molecular flexibility index (Phi) is 9.01. The van der Waals surface area contributed by atoms with E-state index in [0.717, 1.165) is 36.2 Å². The lowest BCUT2D eigenvalue weighted by Crippen LogP contribution is -2.45. The molecule has 0 bridgehead atoms. The van der Waals surface area contributed by atoms with Crippen LogP contribution in [0.15, 0.2) is 35.5 Å². The van der Waals surface area contributed by atoms with Gasteiger partial charge in [0.25, 0.3) is 0 Å². The number of guanidine groups is 1. The molecule has 2 N–H and O–H groups in total. The second kappa shape index (κ2) is 11.0. The van der Waals surface area contributed by atoms with Crippen LogP contribution in [-0.4, -0.2) is 38.2 Å².